The number of anilines is 1. The lowest BCUT2D eigenvalue weighted by molar-refractivity contribution is 0.616. The second kappa shape index (κ2) is 5.72. The average molecular weight is 281 g/mol. The van der Waals surface area contributed by atoms with Gasteiger partial charge in [0, 0.05) is 11.3 Å². The van der Waals surface area contributed by atoms with Crippen molar-refractivity contribution in [3.63, 3.8) is 0 Å². The van der Waals surface area contributed by atoms with Crippen molar-refractivity contribution in [1.29, 1.82) is 0 Å². The van der Waals surface area contributed by atoms with Crippen molar-refractivity contribution in [3.05, 3.63) is 47.0 Å². The molecule has 4 heteroatoms. The minimum atomic E-state index is -0.286. The van der Waals surface area contributed by atoms with Crippen molar-refractivity contribution in [1.82, 2.24) is 4.98 Å². The van der Waals surface area contributed by atoms with Crippen LogP contribution in [0.1, 0.15) is 25.1 Å². The minimum absolute atomic E-state index is 0.286. The van der Waals surface area contributed by atoms with Crippen LogP contribution in [0, 0.1) is 0 Å². The molecule has 1 N–H and O–H groups in total. The van der Waals surface area contributed by atoms with Gasteiger partial charge >= 0.3 is 0 Å². The van der Waals surface area contributed by atoms with Gasteiger partial charge in [-0.05, 0) is 18.9 Å². The van der Waals surface area contributed by atoms with Gasteiger partial charge in [0.1, 0.15) is 0 Å². The molecule has 0 aliphatic rings. The van der Waals surface area contributed by atoms with Gasteiger partial charge in [-0.15, -0.1) is 22.9 Å². The van der Waals surface area contributed by atoms with Crippen LogP contribution in [-0.4, -0.2) is 10.9 Å². The van der Waals surface area contributed by atoms with E-state index in [4.69, 9.17) is 11.6 Å². The number of nitrogens with zero attached hydrogens (tertiary/aromatic N) is 1. The topological polar surface area (TPSA) is 24.9 Å². The Kier molecular flexibility index (Phi) is 4.25. The summed E-state index contributed by atoms with van der Waals surface area (Å²) in [5, 5.41) is 6.47. The first kappa shape index (κ1) is 13.4. The number of hydrogen-bond acceptors (Lipinski definition) is 3. The maximum atomic E-state index is 6.15. The van der Waals surface area contributed by atoms with E-state index in [1.807, 2.05) is 18.2 Å². The van der Waals surface area contributed by atoms with Gasteiger partial charge in [0.05, 0.1) is 11.2 Å². The van der Waals surface area contributed by atoms with Crippen LogP contribution in [0.4, 0.5) is 5.13 Å². The number of rotatable bonds is 5. The van der Waals surface area contributed by atoms with Gasteiger partial charge in [-0.1, -0.05) is 37.3 Å². The molecule has 1 aromatic heterocycles. The smallest absolute Gasteiger partial charge is 0.183 e. The lowest BCUT2D eigenvalue weighted by atomic mass is 9.94. The van der Waals surface area contributed by atoms with Crippen LogP contribution in [0.2, 0.25) is 0 Å². The summed E-state index contributed by atoms with van der Waals surface area (Å²) in [7, 11) is 0. The summed E-state index contributed by atoms with van der Waals surface area (Å²) >= 11 is 7.78. The third-order valence-corrected chi connectivity index (χ3v) is 4.32. The molecular formula is C14H17ClN2S. The molecule has 0 aliphatic carbocycles. The first-order valence-corrected chi connectivity index (χ1v) is 7.43. The molecule has 0 spiro atoms. The van der Waals surface area contributed by atoms with Gasteiger partial charge in [-0.3, -0.25) is 0 Å². The van der Waals surface area contributed by atoms with Gasteiger partial charge in [-0.2, -0.15) is 0 Å². The predicted octanol–water partition coefficient (Wildman–Crippen LogP) is 4.27. The number of aromatic nitrogens is 1. The van der Waals surface area contributed by atoms with Crippen LogP contribution in [0.25, 0.3) is 0 Å². The van der Waals surface area contributed by atoms with Crippen LogP contribution in [0.15, 0.2) is 35.7 Å². The Labute approximate surface area is 117 Å². The number of alkyl halides is 1. The number of thiazole rings is 1. The number of hydrogen-bond donors (Lipinski definition) is 1. The van der Waals surface area contributed by atoms with Gasteiger partial charge < -0.3 is 5.32 Å². The molecule has 2 nitrogen and oxygen atoms in total. The van der Waals surface area contributed by atoms with E-state index < -0.39 is 0 Å². The molecule has 0 bridgehead atoms. The molecule has 96 valence electrons. The average Bonchev–Trinajstić information content (AvgIpc) is 2.87. The Morgan fingerprint density at radius 1 is 1.33 bits per heavy atom. The summed E-state index contributed by atoms with van der Waals surface area (Å²) < 4.78 is 0. The summed E-state index contributed by atoms with van der Waals surface area (Å²) in [5.74, 6) is 0.498. The normalized spacial score (nSPS) is 14.2. The number of halogens is 1. The standard InChI is InChI=1S/C14H17ClN2S/c1-3-12-9-18-13(16-12)17-14(2,10-15)11-7-5-4-6-8-11/h4-9H,3,10H2,1-2H3,(H,16,17). The number of benzene rings is 1. The second-order valence-corrected chi connectivity index (χ2v) is 5.58. The van der Waals surface area contributed by atoms with Gasteiger partial charge in [-0.25, -0.2) is 4.98 Å². The number of nitrogens with one attached hydrogen (secondary N) is 1. The number of aryl methyl sites for hydroxylation is 1. The Hall–Kier alpha value is -1.06. The van der Waals surface area contributed by atoms with Crippen molar-refractivity contribution < 1.29 is 0 Å². The van der Waals surface area contributed by atoms with Crippen LogP contribution in [0.5, 0.6) is 0 Å². The van der Waals surface area contributed by atoms with Gasteiger partial charge in [0.2, 0.25) is 0 Å². The highest BCUT2D eigenvalue weighted by molar-refractivity contribution is 7.13. The second-order valence-electron chi connectivity index (χ2n) is 4.45. The van der Waals surface area contributed by atoms with E-state index in [0.717, 1.165) is 17.2 Å². The van der Waals surface area contributed by atoms with Crippen molar-refractivity contribution in [2.24, 2.45) is 0 Å². The van der Waals surface area contributed by atoms with Crippen LogP contribution >= 0.6 is 22.9 Å². The molecule has 0 saturated carbocycles. The highest BCUT2D eigenvalue weighted by Crippen LogP contribution is 2.29. The SMILES string of the molecule is CCc1csc(NC(C)(CCl)c2ccccc2)n1. The Morgan fingerprint density at radius 2 is 2.06 bits per heavy atom. The first-order chi connectivity index (χ1) is 8.68. The lowest BCUT2D eigenvalue weighted by Crippen LogP contribution is -2.33. The molecule has 0 amide bonds. The van der Waals surface area contributed by atoms with E-state index in [1.54, 1.807) is 11.3 Å². The quantitative estimate of drug-likeness (QED) is 0.827. The zero-order valence-electron chi connectivity index (χ0n) is 10.6. The molecule has 1 aromatic carbocycles. The predicted molar refractivity (Wildman–Crippen MR) is 79.6 cm³/mol. The van der Waals surface area contributed by atoms with E-state index in [-0.39, 0.29) is 5.54 Å². The summed E-state index contributed by atoms with van der Waals surface area (Å²) in [6.07, 6.45) is 0.959. The zero-order valence-corrected chi connectivity index (χ0v) is 12.2. The summed E-state index contributed by atoms with van der Waals surface area (Å²) in [4.78, 5) is 4.54. The zero-order chi connectivity index (χ0) is 13.0. The minimum Gasteiger partial charge on any atom is -0.351 e. The molecular weight excluding hydrogens is 264 g/mol. The maximum absolute atomic E-state index is 6.15. The fourth-order valence-corrected chi connectivity index (χ4v) is 2.89. The van der Waals surface area contributed by atoms with E-state index in [9.17, 15) is 0 Å². The molecule has 2 rings (SSSR count). The van der Waals surface area contributed by atoms with Gasteiger partial charge in [0.15, 0.2) is 5.13 Å². The van der Waals surface area contributed by atoms with Crippen molar-refractivity contribution >= 4 is 28.1 Å². The molecule has 0 fully saturated rings. The molecule has 0 aliphatic heterocycles. The Balaban J connectivity index is 2.23. The summed E-state index contributed by atoms with van der Waals surface area (Å²) in [6, 6.07) is 10.2. The highest BCUT2D eigenvalue weighted by atomic mass is 35.5. The molecule has 1 unspecified atom stereocenters. The molecule has 18 heavy (non-hydrogen) atoms. The van der Waals surface area contributed by atoms with E-state index in [2.05, 4.69) is 41.7 Å². The van der Waals surface area contributed by atoms with E-state index in [1.165, 1.54) is 5.56 Å². The fourth-order valence-electron chi connectivity index (χ4n) is 1.75. The van der Waals surface area contributed by atoms with Crippen LogP contribution in [-0.2, 0) is 12.0 Å². The van der Waals surface area contributed by atoms with Crippen LogP contribution in [0.3, 0.4) is 0 Å². The fraction of sp³-hybridized carbons (Fsp3) is 0.357. The molecule has 0 radical (unpaired) electrons. The van der Waals surface area contributed by atoms with Crippen molar-refractivity contribution in [2.45, 2.75) is 25.8 Å². The molecule has 1 atom stereocenters. The first-order valence-electron chi connectivity index (χ1n) is 6.02. The lowest BCUT2D eigenvalue weighted by Gasteiger charge is -2.29. The van der Waals surface area contributed by atoms with Crippen molar-refractivity contribution in [2.75, 3.05) is 11.2 Å². The van der Waals surface area contributed by atoms with E-state index >= 15 is 0 Å². The monoisotopic (exact) mass is 280 g/mol. The Bertz CT molecular complexity index is 498. The van der Waals surface area contributed by atoms with Gasteiger partial charge in [0.25, 0.3) is 0 Å². The maximum Gasteiger partial charge on any atom is 0.183 e. The van der Waals surface area contributed by atoms with E-state index in [0.29, 0.717) is 5.88 Å². The third kappa shape index (κ3) is 2.85. The Morgan fingerprint density at radius 3 is 2.61 bits per heavy atom. The molecule has 0 saturated heterocycles. The third-order valence-electron chi connectivity index (χ3n) is 2.97. The summed E-state index contributed by atoms with van der Waals surface area (Å²) in [5.41, 5.74) is 2.01. The largest absolute Gasteiger partial charge is 0.351 e. The summed E-state index contributed by atoms with van der Waals surface area (Å²) in [6.45, 7) is 4.21. The molecule has 2 aromatic rings. The highest BCUT2D eigenvalue weighted by Gasteiger charge is 2.26. The molecule has 1 heterocycles. The van der Waals surface area contributed by atoms with Crippen molar-refractivity contribution in [3.8, 4) is 0 Å². The van der Waals surface area contributed by atoms with Crippen LogP contribution < -0.4 is 5.32 Å².